The molecule has 1 fully saturated rings. The van der Waals surface area contributed by atoms with Crippen LogP contribution in [0.2, 0.25) is 0 Å². The van der Waals surface area contributed by atoms with E-state index in [2.05, 4.69) is 31.2 Å². The van der Waals surface area contributed by atoms with Crippen LogP contribution in [0.1, 0.15) is 88.2 Å². The predicted molar refractivity (Wildman–Crippen MR) is 103 cm³/mol. The Morgan fingerprint density at radius 3 is 2.19 bits per heavy atom. The van der Waals surface area contributed by atoms with E-state index in [1.54, 1.807) is 6.08 Å². The van der Waals surface area contributed by atoms with E-state index in [-0.39, 0.29) is 0 Å². The van der Waals surface area contributed by atoms with E-state index in [0.717, 1.165) is 25.7 Å². The Kier molecular flexibility index (Phi) is 8.74. The maximum atomic E-state index is 12.2. The first-order chi connectivity index (χ1) is 12.5. The molecule has 1 saturated carbocycles. The summed E-state index contributed by atoms with van der Waals surface area (Å²) in [6, 6.07) is 9.08. The topological polar surface area (TPSA) is 0 Å². The van der Waals surface area contributed by atoms with Crippen molar-refractivity contribution in [2.45, 2.75) is 89.6 Å². The summed E-state index contributed by atoms with van der Waals surface area (Å²) in [7, 11) is 0. The molecule has 1 aliphatic rings. The SMILES string of the molecule is CCCCCCCc1ccc([C@H]2CC[C@H](C=CCC(F)(F)F)CC2)cc1. The smallest absolute Gasteiger partial charge is 0.171 e. The molecule has 0 bridgehead atoms. The van der Waals surface area contributed by atoms with Crippen molar-refractivity contribution in [2.24, 2.45) is 5.92 Å². The molecule has 1 aromatic rings. The molecule has 1 aromatic carbocycles. The van der Waals surface area contributed by atoms with Gasteiger partial charge in [-0.2, -0.15) is 13.2 Å². The molecule has 1 aliphatic carbocycles. The van der Waals surface area contributed by atoms with E-state index >= 15 is 0 Å². The highest BCUT2D eigenvalue weighted by Gasteiger charge is 2.25. The van der Waals surface area contributed by atoms with Gasteiger partial charge in [0.15, 0.2) is 0 Å². The number of benzene rings is 1. The Morgan fingerprint density at radius 1 is 0.923 bits per heavy atom. The first-order valence-corrected chi connectivity index (χ1v) is 10.3. The van der Waals surface area contributed by atoms with Crippen molar-refractivity contribution in [1.29, 1.82) is 0 Å². The second kappa shape index (κ2) is 10.8. The molecule has 0 radical (unpaired) electrons. The van der Waals surface area contributed by atoms with Crippen LogP contribution in [0.3, 0.4) is 0 Å². The highest BCUT2D eigenvalue weighted by molar-refractivity contribution is 5.26. The number of alkyl halides is 3. The highest BCUT2D eigenvalue weighted by Crippen LogP contribution is 2.36. The summed E-state index contributed by atoms with van der Waals surface area (Å²) in [4.78, 5) is 0. The van der Waals surface area contributed by atoms with Crippen molar-refractivity contribution in [1.82, 2.24) is 0 Å². The monoisotopic (exact) mass is 366 g/mol. The third-order valence-electron chi connectivity index (χ3n) is 5.55. The molecular formula is C23H33F3. The standard InChI is InChI=1S/C23H33F3/c1-2-3-4-5-6-8-19-10-14-21(15-11-19)22-16-12-20(13-17-22)9-7-18-23(24,25)26/h7,9-11,14-15,20,22H,2-6,8,12-13,16-18H2,1H3/t20-,22-. The number of rotatable bonds is 9. The summed E-state index contributed by atoms with van der Waals surface area (Å²) in [5.74, 6) is 0.886. The lowest BCUT2D eigenvalue weighted by molar-refractivity contribution is -0.125. The van der Waals surface area contributed by atoms with Gasteiger partial charge < -0.3 is 0 Å². The van der Waals surface area contributed by atoms with Gasteiger partial charge in [0.25, 0.3) is 0 Å². The Hall–Kier alpha value is -1.25. The highest BCUT2D eigenvalue weighted by atomic mass is 19.4. The van der Waals surface area contributed by atoms with Gasteiger partial charge in [0, 0.05) is 0 Å². The first-order valence-electron chi connectivity index (χ1n) is 10.3. The second-order valence-electron chi connectivity index (χ2n) is 7.76. The summed E-state index contributed by atoms with van der Waals surface area (Å²) >= 11 is 0. The summed E-state index contributed by atoms with van der Waals surface area (Å²) < 4.78 is 36.6. The molecule has 0 heterocycles. The average Bonchev–Trinajstić information content (AvgIpc) is 2.62. The molecule has 26 heavy (non-hydrogen) atoms. The lowest BCUT2D eigenvalue weighted by atomic mass is 9.78. The summed E-state index contributed by atoms with van der Waals surface area (Å²) in [6.07, 6.45) is 10.1. The summed E-state index contributed by atoms with van der Waals surface area (Å²) in [6.45, 7) is 2.24. The number of aryl methyl sites for hydroxylation is 1. The van der Waals surface area contributed by atoms with Crippen LogP contribution in [0.5, 0.6) is 0 Å². The van der Waals surface area contributed by atoms with Gasteiger partial charge >= 0.3 is 6.18 Å². The van der Waals surface area contributed by atoms with Crippen LogP contribution < -0.4 is 0 Å². The third-order valence-corrected chi connectivity index (χ3v) is 5.55. The fourth-order valence-electron chi connectivity index (χ4n) is 3.93. The van der Waals surface area contributed by atoms with Crippen LogP contribution in [0.15, 0.2) is 36.4 Å². The minimum atomic E-state index is -4.08. The van der Waals surface area contributed by atoms with E-state index in [1.165, 1.54) is 55.7 Å². The normalized spacial score (nSPS) is 21.4. The van der Waals surface area contributed by atoms with Gasteiger partial charge in [0.05, 0.1) is 6.42 Å². The summed E-state index contributed by atoms with van der Waals surface area (Å²) in [5.41, 5.74) is 2.83. The number of unbranched alkanes of at least 4 members (excludes halogenated alkanes) is 4. The van der Waals surface area contributed by atoms with E-state index < -0.39 is 12.6 Å². The van der Waals surface area contributed by atoms with E-state index in [1.807, 2.05) is 0 Å². The van der Waals surface area contributed by atoms with Gasteiger partial charge in [-0.3, -0.25) is 0 Å². The number of hydrogen-bond donors (Lipinski definition) is 0. The molecule has 0 spiro atoms. The van der Waals surface area contributed by atoms with Crippen molar-refractivity contribution < 1.29 is 13.2 Å². The zero-order valence-electron chi connectivity index (χ0n) is 16.0. The lowest BCUT2D eigenvalue weighted by Crippen LogP contribution is -2.12. The lowest BCUT2D eigenvalue weighted by Gasteiger charge is -2.27. The van der Waals surface area contributed by atoms with Crippen molar-refractivity contribution in [3.8, 4) is 0 Å². The van der Waals surface area contributed by atoms with Crippen molar-refractivity contribution in [3.05, 3.63) is 47.5 Å². The summed E-state index contributed by atoms with van der Waals surface area (Å²) in [5, 5.41) is 0. The number of hydrogen-bond acceptors (Lipinski definition) is 0. The van der Waals surface area contributed by atoms with Crippen molar-refractivity contribution in [2.75, 3.05) is 0 Å². The van der Waals surface area contributed by atoms with Gasteiger partial charge in [-0.15, -0.1) is 0 Å². The molecule has 0 N–H and O–H groups in total. The maximum absolute atomic E-state index is 12.2. The second-order valence-corrected chi connectivity index (χ2v) is 7.76. The van der Waals surface area contributed by atoms with Crippen LogP contribution in [0.25, 0.3) is 0 Å². The third kappa shape index (κ3) is 7.97. The molecule has 0 aliphatic heterocycles. The van der Waals surface area contributed by atoms with Crippen LogP contribution in [-0.4, -0.2) is 6.18 Å². The maximum Gasteiger partial charge on any atom is 0.392 e. The van der Waals surface area contributed by atoms with Gasteiger partial charge in [-0.05, 0) is 61.5 Å². The molecule has 0 atom stereocenters. The molecule has 0 saturated heterocycles. The van der Waals surface area contributed by atoms with Gasteiger partial charge in [-0.1, -0.05) is 69.0 Å². The molecule has 0 unspecified atom stereocenters. The minimum absolute atomic E-state index is 0.316. The van der Waals surface area contributed by atoms with Crippen LogP contribution >= 0.6 is 0 Å². The van der Waals surface area contributed by atoms with Gasteiger partial charge in [0.1, 0.15) is 0 Å². The molecule has 0 amide bonds. The predicted octanol–water partition coefficient (Wildman–Crippen LogP) is 7.98. The quantitative estimate of drug-likeness (QED) is 0.307. The van der Waals surface area contributed by atoms with E-state index in [9.17, 15) is 13.2 Å². The van der Waals surface area contributed by atoms with Gasteiger partial charge in [-0.25, -0.2) is 0 Å². The fourth-order valence-corrected chi connectivity index (χ4v) is 3.93. The zero-order chi connectivity index (χ0) is 18.8. The molecule has 0 aromatic heterocycles. The molecule has 3 heteroatoms. The minimum Gasteiger partial charge on any atom is -0.171 e. The molecule has 2 rings (SSSR count). The van der Waals surface area contributed by atoms with E-state index in [0.29, 0.717) is 11.8 Å². The Labute approximate surface area is 156 Å². The fraction of sp³-hybridized carbons (Fsp3) is 0.652. The first kappa shape index (κ1) is 21.1. The number of allylic oxidation sites excluding steroid dienone is 2. The zero-order valence-corrected chi connectivity index (χ0v) is 16.0. The van der Waals surface area contributed by atoms with Gasteiger partial charge in [0.2, 0.25) is 0 Å². The van der Waals surface area contributed by atoms with E-state index in [4.69, 9.17) is 0 Å². The Morgan fingerprint density at radius 2 is 1.58 bits per heavy atom. The number of halogens is 3. The van der Waals surface area contributed by atoms with Crippen LogP contribution in [-0.2, 0) is 6.42 Å². The Balaban J connectivity index is 1.72. The Bertz CT molecular complexity index is 519. The molecular weight excluding hydrogens is 333 g/mol. The van der Waals surface area contributed by atoms with Crippen molar-refractivity contribution >= 4 is 0 Å². The largest absolute Gasteiger partial charge is 0.392 e. The molecule has 0 nitrogen and oxygen atoms in total. The van der Waals surface area contributed by atoms with Crippen LogP contribution in [0, 0.1) is 5.92 Å². The average molecular weight is 367 g/mol. The van der Waals surface area contributed by atoms with Crippen molar-refractivity contribution in [3.63, 3.8) is 0 Å². The van der Waals surface area contributed by atoms with Crippen LogP contribution in [0.4, 0.5) is 13.2 Å². The molecule has 146 valence electrons.